The number of aliphatic hydroxyl groups excluding tert-OH is 2. The van der Waals surface area contributed by atoms with Crippen LogP contribution in [0.2, 0.25) is 0 Å². The summed E-state index contributed by atoms with van der Waals surface area (Å²) in [6.45, 7) is 3.04. The summed E-state index contributed by atoms with van der Waals surface area (Å²) in [5.41, 5.74) is 1.17. The molecule has 3 heteroatoms. The van der Waals surface area contributed by atoms with Crippen LogP contribution >= 0.6 is 0 Å². The molecule has 0 heterocycles. The number of ether oxygens (including phenoxy) is 1. The lowest BCUT2D eigenvalue weighted by Gasteiger charge is -2.16. The molecule has 0 unspecified atom stereocenters. The van der Waals surface area contributed by atoms with E-state index in [0.29, 0.717) is 13.2 Å². The van der Waals surface area contributed by atoms with Crippen molar-refractivity contribution in [1.82, 2.24) is 0 Å². The van der Waals surface area contributed by atoms with Crippen molar-refractivity contribution >= 4 is 0 Å². The minimum atomic E-state index is -0.450. The second-order valence-electron chi connectivity index (χ2n) is 4.36. The van der Waals surface area contributed by atoms with Crippen molar-refractivity contribution in [1.29, 1.82) is 0 Å². The van der Waals surface area contributed by atoms with Crippen LogP contribution in [0.4, 0.5) is 0 Å². The summed E-state index contributed by atoms with van der Waals surface area (Å²) in [5, 5.41) is 18.4. The molecule has 1 aromatic rings. The molecule has 0 bridgehead atoms. The summed E-state index contributed by atoms with van der Waals surface area (Å²) < 4.78 is 5.53. The van der Waals surface area contributed by atoms with Crippen molar-refractivity contribution in [3.05, 3.63) is 35.9 Å². The van der Waals surface area contributed by atoms with Crippen LogP contribution < -0.4 is 0 Å². The summed E-state index contributed by atoms with van der Waals surface area (Å²) in [6, 6.07) is 10.0. The van der Waals surface area contributed by atoms with Gasteiger partial charge in [-0.15, -0.1) is 0 Å². The van der Waals surface area contributed by atoms with Gasteiger partial charge in [0.15, 0.2) is 0 Å². The van der Waals surface area contributed by atoms with Crippen LogP contribution in [0.25, 0.3) is 0 Å². The third-order valence-corrected chi connectivity index (χ3v) is 2.89. The quantitative estimate of drug-likeness (QED) is 0.681. The largest absolute Gasteiger partial charge is 0.396 e. The van der Waals surface area contributed by atoms with Gasteiger partial charge in [0.05, 0.1) is 12.7 Å². The van der Waals surface area contributed by atoms with Gasteiger partial charge in [0, 0.05) is 19.1 Å². The zero-order chi connectivity index (χ0) is 12.5. The monoisotopic (exact) mass is 238 g/mol. The normalized spacial score (nSPS) is 14.5. The first kappa shape index (κ1) is 14.2. The van der Waals surface area contributed by atoms with Gasteiger partial charge < -0.3 is 14.9 Å². The van der Waals surface area contributed by atoms with Gasteiger partial charge in [-0.25, -0.2) is 0 Å². The second-order valence-corrected chi connectivity index (χ2v) is 4.36. The lowest BCUT2D eigenvalue weighted by Crippen LogP contribution is -2.20. The van der Waals surface area contributed by atoms with Gasteiger partial charge in [-0.05, 0) is 25.3 Å². The molecule has 0 amide bonds. The Kier molecular flexibility index (Phi) is 6.86. The molecule has 0 aliphatic carbocycles. The van der Waals surface area contributed by atoms with E-state index >= 15 is 0 Å². The highest BCUT2D eigenvalue weighted by molar-refractivity contribution is 5.13. The molecule has 3 nitrogen and oxygen atoms in total. The van der Waals surface area contributed by atoms with Crippen LogP contribution in [0.5, 0.6) is 0 Å². The Hall–Kier alpha value is -0.900. The van der Waals surface area contributed by atoms with Crippen molar-refractivity contribution in [2.45, 2.75) is 32.5 Å². The summed E-state index contributed by atoms with van der Waals surface area (Å²) in [5.74, 6) is -0.0321. The number of hydrogen-bond donors (Lipinski definition) is 2. The van der Waals surface area contributed by atoms with Gasteiger partial charge in [-0.2, -0.15) is 0 Å². The number of hydrogen-bond acceptors (Lipinski definition) is 3. The van der Waals surface area contributed by atoms with Crippen LogP contribution in [-0.2, 0) is 11.3 Å². The predicted molar refractivity (Wildman–Crippen MR) is 67.6 cm³/mol. The fraction of sp³-hybridized carbons (Fsp3) is 0.571. The second kappa shape index (κ2) is 8.23. The van der Waals surface area contributed by atoms with Gasteiger partial charge in [0.1, 0.15) is 0 Å². The maximum atomic E-state index is 9.35. The van der Waals surface area contributed by atoms with Gasteiger partial charge in [0.25, 0.3) is 0 Å². The van der Waals surface area contributed by atoms with Gasteiger partial charge in [-0.1, -0.05) is 30.3 Å². The summed E-state index contributed by atoms with van der Waals surface area (Å²) in [4.78, 5) is 0. The smallest absolute Gasteiger partial charge is 0.0716 e. The van der Waals surface area contributed by atoms with E-state index in [1.807, 2.05) is 30.3 Å². The van der Waals surface area contributed by atoms with Gasteiger partial charge >= 0.3 is 0 Å². The molecule has 96 valence electrons. The van der Waals surface area contributed by atoms with E-state index in [9.17, 15) is 5.11 Å². The van der Waals surface area contributed by atoms with Crippen LogP contribution in [0.1, 0.15) is 25.3 Å². The standard InChI is InChI=1S/C14H22O3/c1-12(16)14(10-15)8-5-9-17-11-13-6-3-2-4-7-13/h2-4,6-7,12,14-16H,5,8-11H2,1H3/t12-,14-/m0/s1. The number of aliphatic hydroxyl groups is 2. The third kappa shape index (κ3) is 5.82. The molecule has 2 N–H and O–H groups in total. The van der Waals surface area contributed by atoms with E-state index in [2.05, 4.69) is 0 Å². The first-order valence-corrected chi connectivity index (χ1v) is 6.14. The number of benzene rings is 1. The molecule has 1 rings (SSSR count). The van der Waals surface area contributed by atoms with Crippen molar-refractivity contribution in [3.8, 4) is 0 Å². The fourth-order valence-corrected chi connectivity index (χ4v) is 1.70. The van der Waals surface area contributed by atoms with E-state index < -0.39 is 6.10 Å². The Morgan fingerprint density at radius 2 is 1.94 bits per heavy atom. The Morgan fingerprint density at radius 1 is 1.24 bits per heavy atom. The Labute approximate surface area is 103 Å². The maximum absolute atomic E-state index is 9.35. The molecule has 0 fully saturated rings. The van der Waals surface area contributed by atoms with Crippen molar-refractivity contribution in [3.63, 3.8) is 0 Å². The molecular weight excluding hydrogens is 216 g/mol. The van der Waals surface area contributed by atoms with Gasteiger partial charge in [-0.3, -0.25) is 0 Å². The molecule has 0 aliphatic heterocycles. The summed E-state index contributed by atoms with van der Waals surface area (Å²) in [7, 11) is 0. The molecule has 2 atom stereocenters. The molecule has 0 radical (unpaired) electrons. The first-order chi connectivity index (χ1) is 8.24. The zero-order valence-electron chi connectivity index (χ0n) is 10.4. The average Bonchev–Trinajstić information content (AvgIpc) is 2.34. The average molecular weight is 238 g/mol. The predicted octanol–water partition coefficient (Wildman–Crippen LogP) is 1.97. The van der Waals surface area contributed by atoms with E-state index in [1.165, 1.54) is 5.56 Å². The molecular formula is C14H22O3. The Balaban J connectivity index is 2.08. The molecule has 0 saturated heterocycles. The molecule has 17 heavy (non-hydrogen) atoms. The molecule has 0 saturated carbocycles. The van der Waals surface area contributed by atoms with E-state index in [1.54, 1.807) is 6.92 Å². The minimum Gasteiger partial charge on any atom is -0.396 e. The molecule has 0 aliphatic rings. The molecule has 1 aromatic carbocycles. The van der Waals surface area contributed by atoms with Crippen molar-refractivity contribution in [2.75, 3.05) is 13.2 Å². The fourth-order valence-electron chi connectivity index (χ4n) is 1.70. The van der Waals surface area contributed by atoms with Crippen LogP contribution in [0, 0.1) is 5.92 Å². The lowest BCUT2D eigenvalue weighted by molar-refractivity contribution is 0.0613. The summed E-state index contributed by atoms with van der Waals surface area (Å²) >= 11 is 0. The van der Waals surface area contributed by atoms with Crippen LogP contribution in [0.15, 0.2) is 30.3 Å². The van der Waals surface area contributed by atoms with E-state index in [0.717, 1.165) is 12.8 Å². The third-order valence-electron chi connectivity index (χ3n) is 2.89. The first-order valence-electron chi connectivity index (χ1n) is 6.14. The lowest BCUT2D eigenvalue weighted by atomic mass is 9.99. The molecule has 0 aromatic heterocycles. The van der Waals surface area contributed by atoms with Crippen molar-refractivity contribution in [2.24, 2.45) is 5.92 Å². The highest BCUT2D eigenvalue weighted by atomic mass is 16.5. The van der Waals surface area contributed by atoms with Crippen LogP contribution in [0.3, 0.4) is 0 Å². The highest BCUT2D eigenvalue weighted by Crippen LogP contribution is 2.11. The highest BCUT2D eigenvalue weighted by Gasteiger charge is 2.12. The molecule has 0 spiro atoms. The number of rotatable bonds is 8. The van der Waals surface area contributed by atoms with Crippen LogP contribution in [-0.4, -0.2) is 29.5 Å². The Bertz CT molecular complexity index is 285. The maximum Gasteiger partial charge on any atom is 0.0716 e. The van der Waals surface area contributed by atoms with E-state index in [4.69, 9.17) is 9.84 Å². The SMILES string of the molecule is C[C@H](O)[C@H](CO)CCCOCc1ccccc1. The van der Waals surface area contributed by atoms with Crippen molar-refractivity contribution < 1.29 is 14.9 Å². The summed E-state index contributed by atoms with van der Waals surface area (Å²) in [6.07, 6.45) is 1.21. The van der Waals surface area contributed by atoms with E-state index in [-0.39, 0.29) is 12.5 Å². The van der Waals surface area contributed by atoms with Gasteiger partial charge in [0.2, 0.25) is 0 Å². The zero-order valence-corrected chi connectivity index (χ0v) is 10.4. The Morgan fingerprint density at radius 3 is 2.53 bits per heavy atom. The minimum absolute atomic E-state index is 0.0321. The topological polar surface area (TPSA) is 49.7 Å².